The molecule has 0 saturated heterocycles. The lowest BCUT2D eigenvalue weighted by molar-refractivity contribution is 0.0685. The van der Waals surface area contributed by atoms with Crippen LogP contribution in [0, 0.1) is 0 Å². The number of rotatable bonds is 6. The van der Waals surface area contributed by atoms with E-state index in [1.807, 2.05) is 19.9 Å². The van der Waals surface area contributed by atoms with Gasteiger partial charge in [0.15, 0.2) is 11.5 Å². The molecule has 0 fully saturated rings. The minimum atomic E-state index is -1.12. The summed E-state index contributed by atoms with van der Waals surface area (Å²) in [6, 6.07) is 4.96. The van der Waals surface area contributed by atoms with Gasteiger partial charge in [-0.25, -0.2) is 9.78 Å². The monoisotopic (exact) mass is 277 g/mol. The molecule has 0 saturated carbocycles. The first kappa shape index (κ1) is 13.9. The Morgan fingerprint density at radius 1 is 1.55 bits per heavy atom. The number of hydrogen-bond acceptors (Lipinski definition) is 6. The van der Waals surface area contributed by atoms with Crippen molar-refractivity contribution in [2.24, 2.45) is 0 Å². The molecule has 20 heavy (non-hydrogen) atoms. The first-order chi connectivity index (χ1) is 9.56. The third-order valence-corrected chi connectivity index (χ3v) is 2.35. The standard InChI is InChI=1S/C13H15N3O4/c1-8(2)19-12-10(4-3-5-14-12)15-7-9-6-11(13(17)18)16-20-9/h3-6,8,15H,7H2,1-2H3,(H,17,18). The normalized spacial score (nSPS) is 10.6. The van der Waals surface area contributed by atoms with Gasteiger partial charge in [0.05, 0.1) is 18.3 Å². The zero-order valence-electron chi connectivity index (χ0n) is 11.2. The van der Waals surface area contributed by atoms with Gasteiger partial charge in [-0.2, -0.15) is 0 Å². The highest BCUT2D eigenvalue weighted by Gasteiger charge is 2.11. The maximum atomic E-state index is 10.7. The van der Waals surface area contributed by atoms with Crippen molar-refractivity contribution in [1.82, 2.24) is 10.1 Å². The Balaban J connectivity index is 2.04. The second-order valence-electron chi connectivity index (χ2n) is 4.36. The van der Waals surface area contributed by atoms with E-state index in [-0.39, 0.29) is 11.8 Å². The van der Waals surface area contributed by atoms with Gasteiger partial charge < -0.3 is 19.7 Å². The number of aromatic nitrogens is 2. The number of nitrogens with one attached hydrogen (secondary N) is 1. The summed E-state index contributed by atoms with van der Waals surface area (Å²) < 4.78 is 10.5. The van der Waals surface area contributed by atoms with Gasteiger partial charge in [0, 0.05) is 12.3 Å². The van der Waals surface area contributed by atoms with Crippen LogP contribution in [0.3, 0.4) is 0 Å². The zero-order chi connectivity index (χ0) is 14.5. The second-order valence-corrected chi connectivity index (χ2v) is 4.36. The summed E-state index contributed by atoms with van der Waals surface area (Å²) >= 11 is 0. The van der Waals surface area contributed by atoms with Gasteiger partial charge >= 0.3 is 5.97 Å². The van der Waals surface area contributed by atoms with Gasteiger partial charge in [0.25, 0.3) is 0 Å². The van der Waals surface area contributed by atoms with Crippen LogP contribution in [0.15, 0.2) is 28.9 Å². The lowest BCUT2D eigenvalue weighted by Crippen LogP contribution is -2.09. The third-order valence-electron chi connectivity index (χ3n) is 2.35. The minimum Gasteiger partial charge on any atom is -0.476 e. The molecule has 2 heterocycles. The van der Waals surface area contributed by atoms with Crippen LogP contribution in [0.1, 0.15) is 30.1 Å². The lowest BCUT2D eigenvalue weighted by atomic mass is 10.3. The fraction of sp³-hybridized carbons (Fsp3) is 0.308. The van der Waals surface area contributed by atoms with E-state index in [4.69, 9.17) is 14.4 Å². The highest BCUT2D eigenvalue weighted by molar-refractivity contribution is 5.85. The van der Waals surface area contributed by atoms with Crippen molar-refractivity contribution < 1.29 is 19.2 Å². The topological polar surface area (TPSA) is 97.5 Å². The van der Waals surface area contributed by atoms with Crippen LogP contribution in [0.25, 0.3) is 0 Å². The Morgan fingerprint density at radius 2 is 2.35 bits per heavy atom. The first-order valence-corrected chi connectivity index (χ1v) is 6.10. The number of hydrogen-bond donors (Lipinski definition) is 2. The average molecular weight is 277 g/mol. The molecule has 0 aliphatic rings. The number of nitrogens with zero attached hydrogens (tertiary/aromatic N) is 2. The molecule has 0 spiro atoms. The molecule has 0 radical (unpaired) electrons. The number of anilines is 1. The van der Waals surface area contributed by atoms with Crippen molar-refractivity contribution in [2.45, 2.75) is 26.5 Å². The number of ether oxygens (including phenoxy) is 1. The molecule has 0 aliphatic carbocycles. The van der Waals surface area contributed by atoms with Gasteiger partial charge in [-0.3, -0.25) is 0 Å². The molecule has 7 heteroatoms. The number of carboxylic acid groups (broad SMARTS) is 1. The molecule has 0 amide bonds. The van der Waals surface area contributed by atoms with Gasteiger partial charge in [-0.15, -0.1) is 0 Å². The first-order valence-electron chi connectivity index (χ1n) is 6.10. The maximum absolute atomic E-state index is 10.7. The Labute approximate surface area is 115 Å². The highest BCUT2D eigenvalue weighted by atomic mass is 16.5. The summed E-state index contributed by atoms with van der Waals surface area (Å²) in [5.41, 5.74) is 0.584. The SMILES string of the molecule is CC(C)Oc1ncccc1NCc1cc(C(=O)O)no1. The van der Waals surface area contributed by atoms with Gasteiger partial charge in [-0.05, 0) is 26.0 Å². The van der Waals surface area contributed by atoms with Gasteiger partial charge in [0.2, 0.25) is 5.88 Å². The van der Waals surface area contributed by atoms with Gasteiger partial charge in [-0.1, -0.05) is 5.16 Å². The zero-order valence-corrected chi connectivity index (χ0v) is 11.2. The van der Waals surface area contributed by atoms with Crippen LogP contribution < -0.4 is 10.1 Å². The Bertz CT molecular complexity index is 595. The van der Waals surface area contributed by atoms with E-state index >= 15 is 0 Å². The Hall–Kier alpha value is -2.57. The van der Waals surface area contributed by atoms with Crippen molar-refractivity contribution in [3.63, 3.8) is 0 Å². The van der Waals surface area contributed by atoms with Crippen molar-refractivity contribution in [2.75, 3.05) is 5.32 Å². The van der Waals surface area contributed by atoms with E-state index in [0.29, 0.717) is 23.9 Å². The fourth-order valence-corrected chi connectivity index (χ4v) is 1.52. The largest absolute Gasteiger partial charge is 0.476 e. The number of carbonyl (C=O) groups is 1. The summed E-state index contributed by atoms with van der Waals surface area (Å²) in [6.45, 7) is 4.11. The van der Waals surface area contributed by atoms with Crippen LogP contribution in [0.5, 0.6) is 5.88 Å². The van der Waals surface area contributed by atoms with E-state index < -0.39 is 5.97 Å². The number of pyridine rings is 1. The Kier molecular flexibility index (Phi) is 4.19. The lowest BCUT2D eigenvalue weighted by Gasteiger charge is -2.13. The molecule has 7 nitrogen and oxygen atoms in total. The summed E-state index contributed by atoms with van der Waals surface area (Å²) in [5, 5.41) is 15.3. The van der Waals surface area contributed by atoms with E-state index in [1.165, 1.54) is 6.07 Å². The fourth-order valence-electron chi connectivity index (χ4n) is 1.52. The second kappa shape index (κ2) is 6.05. The van der Waals surface area contributed by atoms with E-state index in [0.717, 1.165) is 0 Å². The molecule has 106 valence electrons. The third kappa shape index (κ3) is 3.47. The highest BCUT2D eigenvalue weighted by Crippen LogP contribution is 2.22. The summed E-state index contributed by atoms with van der Waals surface area (Å²) in [7, 11) is 0. The van der Waals surface area contributed by atoms with Gasteiger partial charge in [0.1, 0.15) is 0 Å². The van der Waals surface area contributed by atoms with Crippen molar-refractivity contribution >= 4 is 11.7 Å². The number of aromatic carboxylic acids is 1. The molecule has 0 bridgehead atoms. The molecular weight excluding hydrogens is 262 g/mol. The Morgan fingerprint density at radius 3 is 3.00 bits per heavy atom. The molecule has 0 atom stereocenters. The molecular formula is C13H15N3O4. The van der Waals surface area contributed by atoms with E-state index in [1.54, 1.807) is 12.3 Å². The molecule has 0 aromatic carbocycles. The summed E-state index contributed by atoms with van der Waals surface area (Å²) in [4.78, 5) is 14.8. The van der Waals surface area contributed by atoms with Crippen LogP contribution >= 0.6 is 0 Å². The summed E-state index contributed by atoms with van der Waals surface area (Å²) in [6.07, 6.45) is 1.65. The van der Waals surface area contributed by atoms with Crippen molar-refractivity contribution in [3.05, 3.63) is 35.9 Å². The predicted octanol–water partition coefficient (Wildman–Crippen LogP) is 2.17. The van der Waals surface area contributed by atoms with Crippen molar-refractivity contribution in [3.8, 4) is 5.88 Å². The number of carboxylic acids is 1. The van der Waals surface area contributed by atoms with Crippen LogP contribution in [-0.4, -0.2) is 27.3 Å². The minimum absolute atomic E-state index is 0.00865. The summed E-state index contributed by atoms with van der Waals surface area (Å²) in [5.74, 6) is -0.215. The molecule has 0 unspecified atom stereocenters. The molecule has 2 N–H and O–H groups in total. The van der Waals surface area contributed by atoms with E-state index in [9.17, 15) is 4.79 Å². The van der Waals surface area contributed by atoms with Crippen LogP contribution in [0.2, 0.25) is 0 Å². The van der Waals surface area contributed by atoms with Crippen LogP contribution in [0.4, 0.5) is 5.69 Å². The molecule has 0 aliphatic heterocycles. The maximum Gasteiger partial charge on any atom is 0.358 e. The smallest absolute Gasteiger partial charge is 0.358 e. The van der Waals surface area contributed by atoms with Crippen molar-refractivity contribution in [1.29, 1.82) is 0 Å². The average Bonchev–Trinajstić information content (AvgIpc) is 2.86. The predicted molar refractivity (Wildman–Crippen MR) is 70.8 cm³/mol. The quantitative estimate of drug-likeness (QED) is 0.834. The molecule has 2 rings (SSSR count). The van der Waals surface area contributed by atoms with E-state index in [2.05, 4.69) is 15.5 Å². The molecule has 2 aromatic heterocycles. The van der Waals surface area contributed by atoms with Crippen LogP contribution in [-0.2, 0) is 6.54 Å². The molecule has 2 aromatic rings.